The Balaban J connectivity index is 1.89. The number of aryl methyl sites for hydroxylation is 3. The maximum absolute atomic E-state index is 2.56. The molecule has 38 heavy (non-hydrogen) atoms. The van der Waals surface area contributed by atoms with E-state index in [0.29, 0.717) is 0 Å². The predicted octanol–water partition coefficient (Wildman–Crippen LogP) is 8.39. The molecular weight excluding hydrogens is 472 g/mol. The first kappa shape index (κ1) is 28.4. The van der Waals surface area contributed by atoms with Crippen molar-refractivity contribution >= 4 is 23.6 Å². The molecule has 3 aromatic rings. The lowest BCUT2D eigenvalue weighted by atomic mass is 10.1. The van der Waals surface area contributed by atoms with Gasteiger partial charge in [-0.3, -0.25) is 0 Å². The zero-order valence-electron chi connectivity index (χ0n) is 24.4. The number of hydrogen-bond donors (Lipinski definition) is 0. The van der Waals surface area contributed by atoms with E-state index in [4.69, 9.17) is 0 Å². The van der Waals surface area contributed by atoms with E-state index < -0.39 is 8.07 Å². The first-order valence-corrected chi connectivity index (χ1v) is 17.3. The molecule has 4 rings (SSSR count). The second-order valence-corrected chi connectivity index (χ2v) is 15.0. The molecule has 1 heteroatoms. The maximum atomic E-state index is 2.56. The van der Waals surface area contributed by atoms with Crippen LogP contribution in [0.25, 0.3) is 0 Å². The van der Waals surface area contributed by atoms with Crippen LogP contribution in [0.4, 0.5) is 0 Å². The van der Waals surface area contributed by atoms with Crippen LogP contribution in [-0.4, -0.2) is 8.07 Å². The fourth-order valence-electron chi connectivity index (χ4n) is 6.05. The third-order valence-electron chi connectivity index (χ3n) is 8.45. The van der Waals surface area contributed by atoms with Gasteiger partial charge in [0, 0.05) is 0 Å². The van der Waals surface area contributed by atoms with Crippen LogP contribution < -0.4 is 15.6 Å². The van der Waals surface area contributed by atoms with Gasteiger partial charge in [0.25, 0.3) is 0 Å². The minimum atomic E-state index is -2.40. The highest BCUT2D eigenvalue weighted by Crippen LogP contribution is 2.29. The Morgan fingerprint density at radius 2 is 0.895 bits per heavy atom. The van der Waals surface area contributed by atoms with Crippen molar-refractivity contribution in [2.45, 2.75) is 98.3 Å². The summed E-state index contributed by atoms with van der Waals surface area (Å²) in [6, 6.07) is 29.4. The van der Waals surface area contributed by atoms with E-state index in [0.717, 1.165) is 12.8 Å². The second-order valence-electron chi connectivity index (χ2n) is 11.2. The van der Waals surface area contributed by atoms with Gasteiger partial charge in [0.2, 0.25) is 0 Å². The molecule has 0 radical (unpaired) electrons. The molecule has 0 amide bonds. The van der Waals surface area contributed by atoms with Gasteiger partial charge in [-0.2, -0.15) is 0 Å². The average Bonchev–Trinajstić information content (AvgIpc) is 3.46. The smallest absolute Gasteiger partial charge is 0.0776 e. The third-order valence-corrected chi connectivity index (χ3v) is 13.4. The highest BCUT2D eigenvalue weighted by atomic mass is 28.3. The summed E-state index contributed by atoms with van der Waals surface area (Å²) in [6.45, 7) is 9.14. The van der Waals surface area contributed by atoms with Crippen LogP contribution in [0, 0.1) is 0 Å². The summed E-state index contributed by atoms with van der Waals surface area (Å²) in [7, 11) is -2.40. The van der Waals surface area contributed by atoms with Crippen molar-refractivity contribution in [1.82, 2.24) is 0 Å². The lowest BCUT2D eigenvalue weighted by Crippen LogP contribution is -2.68. The van der Waals surface area contributed by atoms with Crippen LogP contribution in [0.5, 0.6) is 0 Å². The largest absolute Gasteiger partial charge is 0.175 e. The Labute approximate surface area is 233 Å². The van der Waals surface area contributed by atoms with Gasteiger partial charge in [-0.15, -0.1) is 0 Å². The fourth-order valence-corrected chi connectivity index (χ4v) is 11.0. The van der Waals surface area contributed by atoms with Crippen molar-refractivity contribution in [2.75, 3.05) is 0 Å². The lowest BCUT2D eigenvalue weighted by molar-refractivity contribution is 0.795. The van der Waals surface area contributed by atoms with E-state index >= 15 is 0 Å². The molecular formula is C37H48Si. The molecule has 0 saturated carbocycles. The third kappa shape index (κ3) is 6.32. The quantitative estimate of drug-likeness (QED) is 0.148. The standard InChI is InChI=1S/C37H48Si/c1-5-9-12-31-16-22-34(23-17-31)38(37-28-15-30(8-4)29-37,35-24-18-32(19-25-35)13-10-6-2)36-26-20-33(21-27-36)14-11-7-3/h15-27,29H,5-14,28H2,1-4H3. The van der Waals surface area contributed by atoms with Crippen molar-refractivity contribution in [3.05, 3.63) is 112 Å². The van der Waals surface area contributed by atoms with Gasteiger partial charge in [-0.25, -0.2) is 0 Å². The van der Waals surface area contributed by atoms with Crippen molar-refractivity contribution in [1.29, 1.82) is 0 Å². The minimum absolute atomic E-state index is 1.07. The molecule has 3 aromatic carbocycles. The lowest BCUT2D eigenvalue weighted by Gasteiger charge is -2.36. The molecule has 0 nitrogen and oxygen atoms in total. The number of unbranched alkanes of at least 4 members (excludes halogenated alkanes) is 3. The van der Waals surface area contributed by atoms with Gasteiger partial charge < -0.3 is 0 Å². The normalized spacial score (nSPS) is 13.5. The van der Waals surface area contributed by atoms with Crippen LogP contribution in [0.15, 0.2) is 95.7 Å². The Hall–Kier alpha value is -2.64. The van der Waals surface area contributed by atoms with Crippen LogP contribution in [0.3, 0.4) is 0 Å². The molecule has 1 aliphatic rings. The van der Waals surface area contributed by atoms with Crippen LogP contribution in [0.1, 0.15) is 95.8 Å². The fraction of sp³-hybridized carbons (Fsp3) is 0.405. The van der Waals surface area contributed by atoms with E-state index in [2.05, 4.69) is 113 Å². The summed E-state index contributed by atoms with van der Waals surface area (Å²) in [6.07, 6.45) is 18.3. The number of benzene rings is 3. The predicted molar refractivity (Wildman–Crippen MR) is 171 cm³/mol. The SMILES string of the molecule is CCCCc1ccc([Si](C2=CC(CC)=CC2)(c2ccc(CCCC)cc2)c2ccc(CCCC)cc2)cc1. The van der Waals surface area contributed by atoms with E-state index in [-0.39, 0.29) is 0 Å². The van der Waals surface area contributed by atoms with Gasteiger partial charge in [0.1, 0.15) is 0 Å². The van der Waals surface area contributed by atoms with Gasteiger partial charge in [0.05, 0.1) is 0 Å². The van der Waals surface area contributed by atoms with Gasteiger partial charge in [-0.05, 0) is 83.6 Å². The molecule has 0 unspecified atom stereocenters. The Bertz CT molecular complexity index is 1070. The molecule has 0 heterocycles. The monoisotopic (exact) mass is 520 g/mol. The van der Waals surface area contributed by atoms with Gasteiger partial charge in [0.15, 0.2) is 8.07 Å². The molecule has 0 aliphatic heterocycles. The summed E-state index contributed by atoms with van der Waals surface area (Å²) >= 11 is 0. The zero-order valence-corrected chi connectivity index (χ0v) is 25.4. The van der Waals surface area contributed by atoms with Crippen LogP contribution in [-0.2, 0) is 19.3 Å². The first-order chi connectivity index (χ1) is 18.6. The molecule has 1 aliphatic carbocycles. The summed E-state index contributed by atoms with van der Waals surface area (Å²) in [5.74, 6) is 0. The summed E-state index contributed by atoms with van der Waals surface area (Å²) in [5, 5.41) is 6.21. The first-order valence-electron chi connectivity index (χ1n) is 15.3. The average molecular weight is 521 g/mol. The van der Waals surface area contributed by atoms with E-state index in [9.17, 15) is 0 Å². The van der Waals surface area contributed by atoms with Crippen molar-refractivity contribution in [3.63, 3.8) is 0 Å². The minimum Gasteiger partial charge on any atom is -0.0776 e. The zero-order chi connectivity index (χ0) is 26.8. The van der Waals surface area contributed by atoms with E-state index in [1.54, 1.807) is 5.20 Å². The van der Waals surface area contributed by atoms with Crippen molar-refractivity contribution in [2.24, 2.45) is 0 Å². The van der Waals surface area contributed by atoms with Crippen molar-refractivity contribution < 1.29 is 0 Å². The Morgan fingerprint density at radius 1 is 0.526 bits per heavy atom. The molecule has 0 saturated heterocycles. The molecule has 200 valence electrons. The summed E-state index contributed by atoms with van der Waals surface area (Å²) in [5.41, 5.74) is 5.90. The second kappa shape index (κ2) is 13.9. The molecule has 0 aromatic heterocycles. The molecule has 0 bridgehead atoms. The number of rotatable bonds is 14. The molecule has 0 N–H and O–H groups in total. The van der Waals surface area contributed by atoms with E-state index in [1.807, 2.05) is 0 Å². The van der Waals surface area contributed by atoms with Gasteiger partial charge >= 0.3 is 0 Å². The van der Waals surface area contributed by atoms with Crippen LogP contribution >= 0.6 is 0 Å². The number of hydrogen-bond acceptors (Lipinski definition) is 0. The highest BCUT2D eigenvalue weighted by Gasteiger charge is 2.43. The van der Waals surface area contributed by atoms with E-state index in [1.165, 1.54) is 95.6 Å². The number of allylic oxidation sites excluding steroid dienone is 4. The topological polar surface area (TPSA) is 0 Å². The molecule has 0 fully saturated rings. The Kier molecular flexibility index (Phi) is 10.4. The molecule has 0 spiro atoms. The summed E-state index contributed by atoms with van der Waals surface area (Å²) in [4.78, 5) is 0. The highest BCUT2D eigenvalue weighted by molar-refractivity contribution is 7.16. The van der Waals surface area contributed by atoms with Crippen molar-refractivity contribution in [3.8, 4) is 0 Å². The molecule has 0 atom stereocenters. The van der Waals surface area contributed by atoms with Gasteiger partial charge in [-0.1, -0.05) is 143 Å². The Morgan fingerprint density at radius 3 is 1.18 bits per heavy atom. The summed E-state index contributed by atoms with van der Waals surface area (Å²) < 4.78 is 0. The maximum Gasteiger partial charge on any atom is 0.175 e. The van der Waals surface area contributed by atoms with Crippen LogP contribution in [0.2, 0.25) is 0 Å².